The predicted octanol–water partition coefficient (Wildman–Crippen LogP) is 7.51. The lowest BCUT2D eigenvalue weighted by Crippen LogP contribution is -2.39. The number of rotatable bonds is 5. The minimum absolute atomic E-state index is 0.0729. The number of aromatic nitrogens is 1. The molecule has 5 nitrogen and oxygen atoms in total. The molecule has 38 heavy (non-hydrogen) atoms. The van der Waals surface area contributed by atoms with Gasteiger partial charge in [0, 0.05) is 27.5 Å². The lowest BCUT2D eigenvalue weighted by atomic mass is 9.98. The zero-order valence-electron chi connectivity index (χ0n) is 19.7. The van der Waals surface area contributed by atoms with Crippen molar-refractivity contribution in [2.24, 2.45) is 0 Å². The fourth-order valence-corrected chi connectivity index (χ4v) is 6.42. The van der Waals surface area contributed by atoms with Crippen LogP contribution in [0.1, 0.15) is 38.7 Å². The van der Waals surface area contributed by atoms with E-state index in [9.17, 15) is 9.59 Å². The van der Waals surface area contributed by atoms with E-state index in [0.29, 0.717) is 21.0 Å². The SMILES string of the molecule is O=Cc1ncccc1Sc1c(Cl)ccc2c1CN(C(=O)OCC1c3ccccc3-c3ccccc31)C2(F)F. The zero-order valence-corrected chi connectivity index (χ0v) is 21.3. The van der Waals surface area contributed by atoms with E-state index < -0.39 is 18.7 Å². The maximum atomic E-state index is 15.5. The van der Waals surface area contributed by atoms with Crippen molar-refractivity contribution in [3.8, 4) is 11.1 Å². The van der Waals surface area contributed by atoms with E-state index in [-0.39, 0.29) is 34.4 Å². The van der Waals surface area contributed by atoms with Crippen molar-refractivity contribution in [2.75, 3.05) is 6.61 Å². The quantitative estimate of drug-likeness (QED) is 0.191. The van der Waals surface area contributed by atoms with Gasteiger partial charge in [0.25, 0.3) is 0 Å². The van der Waals surface area contributed by atoms with E-state index in [1.807, 2.05) is 48.5 Å². The molecule has 1 aliphatic carbocycles. The highest BCUT2D eigenvalue weighted by Crippen LogP contribution is 2.49. The van der Waals surface area contributed by atoms with Crippen LogP contribution >= 0.6 is 23.4 Å². The second-order valence-corrected chi connectivity index (χ2v) is 10.4. The lowest BCUT2D eigenvalue weighted by Gasteiger charge is -2.24. The molecular formula is C29H19ClF2N2O3S. The summed E-state index contributed by atoms with van der Waals surface area (Å²) in [6.45, 7) is -0.463. The summed E-state index contributed by atoms with van der Waals surface area (Å²) in [6, 6.07) is 17.9. The molecule has 0 atom stereocenters. The van der Waals surface area contributed by atoms with Gasteiger partial charge in [0.15, 0.2) is 6.29 Å². The molecule has 0 bridgehead atoms. The molecule has 3 aromatic carbocycles. The van der Waals surface area contributed by atoms with Gasteiger partial charge < -0.3 is 4.74 Å². The summed E-state index contributed by atoms with van der Waals surface area (Å²) < 4.78 is 36.6. The molecule has 0 saturated carbocycles. The van der Waals surface area contributed by atoms with Crippen LogP contribution in [-0.2, 0) is 17.3 Å². The summed E-state index contributed by atoms with van der Waals surface area (Å²) >= 11 is 7.47. The Kier molecular flexibility index (Phi) is 6.16. The Morgan fingerprint density at radius 1 is 1.05 bits per heavy atom. The third kappa shape index (κ3) is 3.95. The third-order valence-corrected chi connectivity index (χ3v) is 8.53. The molecule has 0 N–H and O–H groups in total. The molecule has 1 aromatic heterocycles. The summed E-state index contributed by atoms with van der Waals surface area (Å²) in [4.78, 5) is 29.8. The normalized spacial score (nSPS) is 15.1. The first-order valence-electron chi connectivity index (χ1n) is 11.8. The smallest absolute Gasteiger partial charge is 0.415 e. The summed E-state index contributed by atoms with van der Waals surface area (Å²) in [5, 5.41) is 0.236. The van der Waals surface area contributed by atoms with Gasteiger partial charge in [-0.25, -0.2) is 9.69 Å². The van der Waals surface area contributed by atoms with E-state index in [1.54, 1.807) is 12.1 Å². The summed E-state index contributed by atoms with van der Waals surface area (Å²) in [5.74, 6) is -0.252. The van der Waals surface area contributed by atoms with Crippen LogP contribution < -0.4 is 0 Å². The van der Waals surface area contributed by atoms with E-state index in [4.69, 9.17) is 16.3 Å². The average molecular weight is 549 g/mol. The number of nitrogens with zero attached hydrogens (tertiary/aromatic N) is 2. The second kappa shape index (κ2) is 9.53. The highest BCUT2D eigenvalue weighted by molar-refractivity contribution is 7.99. The minimum Gasteiger partial charge on any atom is -0.448 e. The Bertz CT molecular complexity index is 1550. The molecule has 1 amide bonds. The molecule has 0 fully saturated rings. The fourth-order valence-electron chi connectivity index (χ4n) is 5.09. The van der Waals surface area contributed by atoms with Crippen LogP contribution in [0.5, 0.6) is 0 Å². The first-order valence-corrected chi connectivity index (χ1v) is 13.0. The number of fused-ring (bicyclic) bond motifs is 4. The summed E-state index contributed by atoms with van der Waals surface area (Å²) in [6.07, 6.45) is 0.949. The van der Waals surface area contributed by atoms with Gasteiger partial charge in [-0.05, 0) is 52.1 Å². The average Bonchev–Trinajstić information content (AvgIpc) is 3.40. The molecule has 1 aliphatic heterocycles. The largest absolute Gasteiger partial charge is 0.448 e. The van der Waals surface area contributed by atoms with Crippen LogP contribution in [0.15, 0.2) is 88.8 Å². The van der Waals surface area contributed by atoms with Crippen molar-refractivity contribution in [2.45, 2.75) is 28.3 Å². The van der Waals surface area contributed by atoms with E-state index in [1.165, 1.54) is 18.3 Å². The predicted molar refractivity (Wildman–Crippen MR) is 140 cm³/mol. The Hall–Kier alpha value is -3.75. The second-order valence-electron chi connectivity index (χ2n) is 8.94. The van der Waals surface area contributed by atoms with Gasteiger partial charge in [0.05, 0.1) is 11.6 Å². The van der Waals surface area contributed by atoms with Crippen LogP contribution in [0, 0.1) is 0 Å². The van der Waals surface area contributed by atoms with Crippen molar-refractivity contribution < 1.29 is 23.1 Å². The Balaban J connectivity index is 1.26. The zero-order chi connectivity index (χ0) is 26.4. The Morgan fingerprint density at radius 2 is 1.74 bits per heavy atom. The lowest BCUT2D eigenvalue weighted by molar-refractivity contribution is -0.130. The molecule has 2 aliphatic rings. The molecule has 0 radical (unpaired) electrons. The van der Waals surface area contributed by atoms with Crippen molar-refractivity contribution in [1.82, 2.24) is 9.88 Å². The highest BCUT2D eigenvalue weighted by atomic mass is 35.5. The van der Waals surface area contributed by atoms with Crippen LogP contribution in [0.2, 0.25) is 5.02 Å². The van der Waals surface area contributed by atoms with Gasteiger partial charge in [0.2, 0.25) is 0 Å². The molecule has 2 heterocycles. The molecule has 190 valence electrons. The number of alkyl halides is 2. The maximum Gasteiger partial charge on any atom is 0.415 e. The molecule has 9 heteroatoms. The highest BCUT2D eigenvalue weighted by Gasteiger charge is 2.51. The molecule has 0 unspecified atom stereocenters. The molecule has 6 rings (SSSR count). The number of aldehydes is 1. The van der Waals surface area contributed by atoms with E-state index in [2.05, 4.69) is 4.98 Å². The number of carbonyl (C=O) groups excluding carboxylic acids is 2. The van der Waals surface area contributed by atoms with Gasteiger partial charge >= 0.3 is 12.1 Å². The molecule has 0 saturated heterocycles. The number of pyridine rings is 1. The minimum atomic E-state index is -3.60. The number of hydrogen-bond donors (Lipinski definition) is 0. The third-order valence-electron chi connectivity index (χ3n) is 6.87. The molecule has 0 spiro atoms. The van der Waals surface area contributed by atoms with E-state index in [0.717, 1.165) is 34.0 Å². The number of amides is 1. The monoisotopic (exact) mass is 548 g/mol. The molecular weight excluding hydrogens is 530 g/mol. The standard InChI is InChI=1S/C29H19ClF2N2O3S/c30-24-12-11-23-21(27(24)38-26-10-5-13-33-25(26)15-35)14-34(29(23,31)32)28(36)37-16-22-19-8-3-1-6-17(19)18-7-2-4-9-20(18)22/h1-13,15,22H,14,16H2. The van der Waals surface area contributed by atoms with Crippen LogP contribution in [0.25, 0.3) is 11.1 Å². The van der Waals surface area contributed by atoms with Gasteiger partial charge in [-0.3, -0.25) is 9.78 Å². The van der Waals surface area contributed by atoms with Crippen molar-refractivity contribution in [3.05, 3.63) is 112 Å². The van der Waals surface area contributed by atoms with Gasteiger partial charge in [0.1, 0.15) is 12.3 Å². The number of ether oxygens (including phenoxy) is 1. The van der Waals surface area contributed by atoms with Crippen LogP contribution in [-0.4, -0.2) is 28.9 Å². The van der Waals surface area contributed by atoms with Crippen LogP contribution in [0.4, 0.5) is 13.6 Å². The van der Waals surface area contributed by atoms with Crippen molar-refractivity contribution in [1.29, 1.82) is 0 Å². The van der Waals surface area contributed by atoms with Gasteiger partial charge in [-0.15, -0.1) is 0 Å². The number of carbonyl (C=O) groups is 2. The molecule has 4 aromatic rings. The number of hydrogen-bond acceptors (Lipinski definition) is 5. The topological polar surface area (TPSA) is 59.5 Å². The fraction of sp³-hybridized carbons (Fsp3) is 0.138. The van der Waals surface area contributed by atoms with Crippen LogP contribution in [0.3, 0.4) is 0 Å². The first-order chi connectivity index (χ1) is 18.4. The Morgan fingerprint density at radius 3 is 2.42 bits per heavy atom. The van der Waals surface area contributed by atoms with Crippen molar-refractivity contribution >= 4 is 35.7 Å². The van der Waals surface area contributed by atoms with Crippen molar-refractivity contribution in [3.63, 3.8) is 0 Å². The van der Waals surface area contributed by atoms with Gasteiger partial charge in [-0.2, -0.15) is 8.78 Å². The Labute approximate surface area is 226 Å². The van der Waals surface area contributed by atoms with Gasteiger partial charge in [-0.1, -0.05) is 71.9 Å². The van der Waals surface area contributed by atoms with E-state index >= 15 is 8.78 Å². The maximum absolute atomic E-state index is 15.5. The summed E-state index contributed by atoms with van der Waals surface area (Å²) in [7, 11) is 0. The number of benzene rings is 3. The summed E-state index contributed by atoms with van der Waals surface area (Å²) in [5.41, 5.74) is 4.13. The number of halogens is 3. The first kappa shape index (κ1) is 24.6.